The molecule has 5 nitrogen and oxygen atoms in total. The van der Waals surface area contributed by atoms with E-state index in [0.29, 0.717) is 5.92 Å². The number of rotatable bonds is 3. The number of benzene rings is 1. The number of H-pyrrole nitrogens is 1. The summed E-state index contributed by atoms with van der Waals surface area (Å²) in [6, 6.07) is 5.72. The number of aromatic amines is 1. The molecule has 2 aromatic rings. The lowest BCUT2D eigenvalue weighted by atomic mass is 9.98. The first-order valence-corrected chi connectivity index (χ1v) is 7.13. The lowest BCUT2D eigenvalue weighted by molar-refractivity contribution is 0.194. The van der Waals surface area contributed by atoms with E-state index in [1.165, 1.54) is 12.8 Å². The molecule has 1 atom stereocenters. The largest absolute Gasteiger partial charge is 0.494 e. The molecular weight excluding hydrogens is 254 g/mol. The van der Waals surface area contributed by atoms with Gasteiger partial charge < -0.3 is 14.6 Å². The molecule has 1 aliphatic heterocycles. The Balaban J connectivity index is 1.98. The van der Waals surface area contributed by atoms with Gasteiger partial charge in [-0.05, 0) is 44.5 Å². The van der Waals surface area contributed by atoms with E-state index in [2.05, 4.69) is 16.9 Å². The summed E-state index contributed by atoms with van der Waals surface area (Å²) in [5.74, 6) is 1.28. The molecule has 0 amide bonds. The van der Waals surface area contributed by atoms with Crippen molar-refractivity contribution in [3.63, 3.8) is 0 Å². The van der Waals surface area contributed by atoms with Crippen molar-refractivity contribution in [1.29, 1.82) is 0 Å². The van der Waals surface area contributed by atoms with E-state index in [0.717, 1.165) is 36.4 Å². The highest BCUT2D eigenvalue weighted by molar-refractivity contribution is 5.81. The molecule has 5 heteroatoms. The first-order valence-electron chi connectivity index (χ1n) is 7.13. The van der Waals surface area contributed by atoms with Crippen LogP contribution in [0.5, 0.6) is 5.75 Å². The second-order valence-electron chi connectivity index (χ2n) is 5.67. The van der Waals surface area contributed by atoms with Crippen LogP contribution in [0.1, 0.15) is 12.8 Å². The molecule has 108 valence electrons. The smallest absolute Gasteiger partial charge is 0.326 e. The summed E-state index contributed by atoms with van der Waals surface area (Å²) in [7, 11) is 3.79. The fourth-order valence-corrected chi connectivity index (χ4v) is 3.21. The van der Waals surface area contributed by atoms with E-state index in [9.17, 15) is 4.79 Å². The Morgan fingerprint density at radius 2 is 2.30 bits per heavy atom. The van der Waals surface area contributed by atoms with Gasteiger partial charge in [-0.15, -0.1) is 0 Å². The number of nitrogens with one attached hydrogen (secondary N) is 1. The van der Waals surface area contributed by atoms with E-state index in [-0.39, 0.29) is 5.69 Å². The number of nitrogens with zero attached hydrogens (tertiary/aromatic N) is 2. The number of hydrogen-bond donors (Lipinski definition) is 1. The molecule has 0 saturated carbocycles. The number of ether oxygens (including phenoxy) is 1. The first kappa shape index (κ1) is 13.2. The van der Waals surface area contributed by atoms with Crippen LogP contribution in [-0.2, 0) is 6.54 Å². The Labute approximate surface area is 118 Å². The standard InChI is InChI=1S/C15H21N3O2/c1-17-8-4-5-11(9-17)10-18-14-12(16-15(18)19)6-3-7-13(14)20-2/h3,6-7,11H,4-5,8-10H2,1-2H3,(H,16,19). The molecule has 1 unspecified atom stereocenters. The van der Waals surface area contributed by atoms with E-state index < -0.39 is 0 Å². The van der Waals surface area contributed by atoms with Gasteiger partial charge in [-0.3, -0.25) is 4.57 Å². The van der Waals surface area contributed by atoms with Crippen molar-refractivity contribution in [2.75, 3.05) is 27.2 Å². The fraction of sp³-hybridized carbons (Fsp3) is 0.533. The van der Waals surface area contributed by atoms with Crippen LogP contribution in [0, 0.1) is 5.92 Å². The molecule has 0 aliphatic carbocycles. The van der Waals surface area contributed by atoms with Crippen LogP contribution < -0.4 is 10.4 Å². The van der Waals surface area contributed by atoms with Gasteiger partial charge in [0.25, 0.3) is 0 Å². The van der Waals surface area contributed by atoms with Crippen molar-refractivity contribution in [2.24, 2.45) is 5.92 Å². The second-order valence-corrected chi connectivity index (χ2v) is 5.67. The Morgan fingerprint density at radius 3 is 3.05 bits per heavy atom. The SMILES string of the molecule is COc1cccc2[nH]c(=O)n(CC3CCCN(C)C3)c12. The Kier molecular flexibility index (Phi) is 3.53. The number of hydrogen-bond acceptors (Lipinski definition) is 3. The van der Waals surface area contributed by atoms with Gasteiger partial charge in [-0.25, -0.2) is 4.79 Å². The number of fused-ring (bicyclic) bond motifs is 1. The summed E-state index contributed by atoms with van der Waals surface area (Å²) < 4.78 is 7.23. The first-order chi connectivity index (χ1) is 9.69. The maximum absolute atomic E-state index is 12.2. The maximum atomic E-state index is 12.2. The summed E-state index contributed by atoms with van der Waals surface area (Å²) in [6.07, 6.45) is 2.38. The third-order valence-electron chi connectivity index (χ3n) is 4.14. The van der Waals surface area contributed by atoms with E-state index in [4.69, 9.17) is 4.74 Å². The van der Waals surface area contributed by atoms with Gasteiger partial charge in [0, 0.05) is 13.1 Å². The monoisotopic (exact) mass is 275 g/mol. The van der Waals surface area contributed by atoms with Gasteiger partial charge >= 0.3 is 5.69 Å². The van der Waals surface area contributed by atoms with Crippen LogP contribution in [0.4, 0.5) is 0 Å². The van der Waals surface area contributed by atoms with Crippen LogP contribution in [-0.4, -0.2) is 41.7 Å². The lowest BCUT2D eigenvalue weighted by Gasteiger charge is -2.29. The molecular formula is C15H21N3O2. The Bertz CT molecular complexity index is 659. The van der Waals surface area contributed by atoms with Crippen molar-refractivity contribution in [1.82, 2.24) is 14.5 Å². The quantitative estimate of drug-likeness (QED) is 0.927. The number of aromatic nitrogens is 2. The van der Waals surface area contributed by atoms with Gasteiger partial charge in [0.2, 0.25) is 0 Å². The number of likely N-dealkylation sites (tertiary alicyclic amines) is 1. The van der Waals surface area contributed by atoms with E-state index in [1.807, 2.05) is 22.8 Å². The van der Waals surface area contributed by atoms with Gasteiger partial charge in [0.05, 0.1) is 12.6 Å². The Morgan fingerprint density at radius 1 is 1.45 bits per heavy atom. The molecule has 0 radical (unpaired) electrons. The predicted octanol–water partition coefficient (Wildman–Crippen LogP) is 1.68. The van der Waals surface area contributed by atoms with Gasteiger partial charge in [-0.2, -0.15) is 0 Å². The minimum Gasteiger partial charge on any atom is -0.494 e. The van der Waals surface area contributed by atoms with Crippen LogP contribution >= 0.6 is 0 Å². The highest BCUT2D eigenvalue weighted by atomic mass is 16.5. The molecule has 1 aliphatic rings. The topological polar surface area (TPSA) is 50.3 Å². The molecule has 1 fully saturated rings. The van der Waals surface area contributed by atoms with Crippen LogP contribution in [0.2, 0.25) is 0 Å². The van der Waals surface area contributed by atoms with Crippen LogP contribution in [0.3, 0.4) is 0 Å². The zero-order valence-electron chi connectivity index (χ0n) is 12.1. The average molecular weight is 275 g/mol. The molecule has 2 heterocycles. The van der Waals surface area contributed by atoms with E-state index >= 15 is 0 Å². The van der Waals surface area contributed by atoms with Crippen molar-refractivity contribution in [3.8, 4) is 5.75 Å². The minimum atomic E-state index is -0.0438. The molecule has 20 heavy (non-hydrogen) atoms. The third-order valence-corrected chi connectivity index (χ3v) is 4.14. The van der Waals surface area contributed by atoms with Crippen molar-refractivity contribution in [2.45, 2.75) is 19.4 Å². The molecule has 1 N–H and O–H groups in total. The Hall–Kier alpha value is -1.75. The number of imidazole rings is 1. The second kappa shape index (κ2) is 5.32. The average Bonchev–Trinajstić information content (AvgIpc) is 2.75. The normalized spacial score (nSPS) is 20.4. The molecule has 0 bridgehead atoms. The molecule has 0 spiro atoms. The molecule has 1 saturated heterocycles. The zero-order valence-corrected chi connectivity index (χ0v) is 12.1. The zero-order chi connectivity index (χ0) is 14.1. The van der Waals surface area contributed by atoms with Crippen molar-refractivity contribution >= 4 is 11.0 Å². The number of methoxy groups -OCH3 is 1. The maximum Gasteiger partial charge on any atom is 0.326 e. The van der Waals surface area contributed by atoms with Crippen molar-refractivity contribution in [3.05, 3.63) is 28.7 Å². The minimum absolute atomic E-state index is 0.0438. The third kappa shape index (κ3) is 2.33. The summed E-state index contributed by atoms with van der Waals surface area (Å²) in [4.78, 5) is 17.5. The summed E-state index contributed by atoms with van der Waals surface area (Å²) >= 11 is 0. The lowest BCUT2D eigenvalue weighted by Crippen LogP contribution is -2.35. The molecule has 3 rings (SSSR count). The summed E-state index contributed by atoms with van der Waals surface area (Å²) in [5.41, 5.74) is 1.68. The summed E-state index contributed by atoms with van der Waals surface area (Å²) in [6.45, 7) is 2.96. The highest BCUT2D eigenvalue weighted by Crippen LogP contribution is 2.25. The van der Waals surface area contributed by atoms with Crippen molar-refractivity contribution < 1.29 is 4.74 Å². The molecule has 1 aromatic carbocycles. The summed E-state index contributed by atoms with van der Waals surface area (Å²) in [5, 5.41) is 0. The number of piperidine rings is 1. The predicted molar refractivity (Wildman–Crippen MR) is 79.3 cm³/mol. The fourth-order valence-electron chi connectivity index (χ4n) is 3.21. The van der Waals surface area contributed by atoms with Gasteiger partial charge in [0.1, 0.15) is 11.3 Å². The number of para-hydroxylation sites is 1. The van der Waals surface area contributed by atoms with Crippen LogP contribution in [0.15, 0.2) is 23.0 Å². The molecule has 1 aromatic heterocycles. The van der Waals surface area contributed by atoms with Gasteiger partial charge in [0.15, 0.2) is 0 Å². The highest BCUT2D eigenvalue weighted by Gasteiger charge is 2.20. The van der Waals surface area contributed by atoms with Crippen LogP contribution in [0.25, 0.3) is 11.0 Å². The van der Waals surface area contributed by atoms with E-state index in [1.54, 1.807) is 7.11 Å². The van der Waals surface area contributed by atoms with Gasteiger partial charge in [-0.1, -0.05) is 6.07 Å².